The number of carbonyl (C=O) groups excluding carboxylic acids is 2. The fraction of sp³-hybridized carbons (Fsp3) is 0.273. The average molecular weight is 363 g/mol. The van der Waals surface area contributed by atoms with Crippen LogP contribution in [0, 0.1) is 13.8 Å². The van der Waals surface area contributed by atoms with Crippen molar-refractivity contribution in [1.29, 1.82) is 0 Å². The number of amides is 2. The van der Waals surface area contributed by atoms with E-state index in [-0.39, 0.29) is 11.8 Å². The zero-order chi connectivity index (χ0) is 19.6. The predicted molar refractivity (Wildman–Crippen MR) is 108 cm³/mol. The predicted octanol–water partition coefficient (Wildman–Crippen LogP) is 3.59. The summed E-state index contributed by atoms with van der Waals surface area (Å²) in [5, 5.41) is 6.68. The van der Waals surface area contributed by atoms with Crippen molar-refractivity contribution in [3.05, 3.63) is 59.2 Å². The largest absolute Gasteiger partial charge is 0.354 e. The van der Waals surface area contributed by atoms with Crippen molar-refractivity contribution in [1.82, 2.24) is 15.6 Å². The standard InChI is InChI=1S/C22H25N3O2/c1-13-10-18(12-23-22(27)15(3)24-16(4)26)21-19(11-13)14(2)20(25-21)17-8-6-5-7-9-17/h5-11,15,25H,12H2,1-4H3,(H,23,27)(H,24,26)/t15-/m0/s1. The van der Waals surface area contributed by atoms with Crippen molar-refractivity contribution in [2.24, 2.45) is 0 Å². The summed E-state index contributed by atoms with van der Waals surface area (Å²) in [6.45, 7) is 7.64. The smallest absolute Gasteiger partial charge is 0.242 e. The van der Waals surface area contributed by atoms with E-state index in [1.165, 1.54) is 12.5 Å². The van der Waals surface area contributed by atoms with E-state index in [0.717, 1.165) is 33.3 Å². The summed E-state index contributed by atoms with van der Waals surface area (Å²) in [4.78, 5) is 26.9. The van der Waals surface area contributed by atoms with Crippen LogP contribution in [-0.2, 0) is 16.1 Å². The zero-order valence-electron chi connectivity index (χ0n) is 16.1. The lowest BCUT2D eigenvalue weighted by Crippen LogP contribution is -2.43. The van der Waals surface area contributed by atoms with E-state index in [2.05, 4.69) is 53.7 Å². The molecule has 0 saturated carbocycles. The first kappa shape index (κ1) is 18.7. The minimum absolute atomic E-state index is 0.202. The number of H-pyrrole nitrogens is 1. The van der Waals surface area contributed by atoms with E-state index in [9.17, 15) is 9.59 Å². The third kappa shape index (κ3) is 4.03. The van der Waals surface area contributed by atoms with Crippen LogP contribution < -0.4 is 10.6 Å². The summed E-state index contributed by atoms with van der Waals surface area (Å²) in [7, 11) is 0. The normalized spacial score (nSPS) is 12.0. The van der Waals surface area contributed by atoms with Gasteiger partial charge in [-0.3, -0.25) is 9.59 Å². The van der Waals surface area contributed by atoms with Gasteiger partial charge in [0, 0.05) is 24.5 Å². The molecule has 0 saturated heterocycles. The molecule has 5 heteroatoms. The molecule has 2 aromatic carbocycles. The minimum Gasteiger partial charge on any atom is -0.354 e. The summed E-state index contributed by atoms with van der Waals surface area (Å²) in [5.41, 5.74) is 6.62. The van der Waals surface area contributed by atoms with E-state index >= 15 is 0 Å². The summed E-state index contributed by atoms with van der Waals surface area (Å²) in [6, 6.07) is 13.9. The van der Waals surface area contributed by atoms with E-state index < -0.39 is 6.04 Å². The van der Waals surface area contributed by atoms with Crippen molar-refractivity contribution in [2.75, 3.05) is 0 Å². The lowest BCUT2D eigenvalue weighted by Gasteiger charge is -2.13. The maximum Gasteiger partial charge on any atom is 0.242 e. The lowest BCUT2D eigenvalue weighted by molar-refractivity contribution is -0.127. The molecular formula is C22H25N3O2. The number of nitrogens with one attached hydrogen (secondary N) is 3. The van der Waals surface area contributed by atoms with Gasteiger partial charge in [-0.2, -0.15) is 0 Å². The molecule has 0 aliphatic carbocycles. The molecule has 1 heterocycles. The molecule has 3 N–H and O–H groups in total. The van der Waals surface area contributed by atoms with Crippen LogP contribution in [0.3, 0.4) is 0 Å². The first-order valence-corrected chi connectivity index (χ1v) is 9.09. The second-order valence-electron chi connectivity index (χ2n) is 6.98. The Bertz CT molecular complexity index is 990. The molecule has 3 rings (SSSR count). The first-order valence-electron chi connectivity index (χ1n) is 9.09. The fourth-order valence-corrected chi connectivity index (χ4v) is 3.40. The van der Waals surface area contributed by atoms with Crippen molar-refractivity contribution in [2.45, 2.75) is 40.3 Å². The number of fused-ring (bicyclic) bond motifs is 1. The zero-order valence-corrected chi connectivity index (χ0v) is 16.1. The number of benzene rings is 2. The Morgan fingerprint density at radius 1 is 1.11 bits per heavy atom. The average Bonchev–Trinajstić information content (AvgIpc) is 2.96. The molecule has 0 fully saturated rings. The van der Waals surface area contributed by atoms with Gasteiger partial charge in [0.25, 0.3) is 0 Å². The number of hydrogen-bond donors (Lipinski definition) is 3. The van der Waals surface area contributed by atoms with Crippen molar-refractivity contribution in [3.63, 3.8) is 0 Å². The number of aryl methyl sites for hydroxylation is 2. The van der Waals surface area contributed by atoms with E-state index in [0.29, 0.717) is 6.54 Å². The highest BCUT2D eigenvalue weighted by Crippen LogP contribution is 2.32. The summed E-state index contributed by atoms with van der Waals surface area (Å²) >= 11 is 0. The van der Waals surface area contributed by atoms with Crippen LogP contribution >= 0.6 is 0 Å². The molecule has 2 amide bonds. The van der Waals surface area contributed by atoms with E-state index in [1.807, 2.05) is 18.2 Å². The maximum absolute atomic E-state index is 12.2. The summed E-state index contributed by atoms with van der Waals surface area (Å²) < 4.78 is 0. The first-order chi connectivity index (χ1) is 12.9. The maximum atomic E-state index is 12.2. The molecule has 3 aromatic rings. The highest BCUT2D eigenvalue weighted by Gasteiger charge is 2.16. The Morgan fingerprint density at radius 2 is 1.81 bits per heavy atom. The Kier molecular flexibility index (Phi) is 5.31. The topological polar surface area (TPSA) is 74.0 Å². The second kappa shape index (κ2) is 7.66. The van der Waals surface area contributed by atoms with Crippen molar-refractivity contribution in [3.8, 4) is 11.3 Å². The number of carbonyl (C=O) groups is 2. The number of aromatic amines is 1. The third-order valence-corrected chi connectivity index (χ3v) is 4.72. The minimum atomic E-state index is -0.562. The molecule has 0 unspecified atom stereocenters. The van der Waals surface area contributed by atoms with E-state index in [4.69, 9.17) is 0 Å². The lowest BCUT2D eigenvalue weighted by atomic mass is 10.0. The Balaban J connectivity index is 1.92. The molecule has 27 heavy (non-hydrogen) atoms. The van der Waals surface area contributed by atoms with Crippen molar-refractivity contribution < 1.29 is 9.59 Å². The Labute approximate surface area is 159 Å². The fourth-order valence-electron chi connectivity index (χ4n) is 3.40. The molecule has 0 aliphatic heterocycles. The van der Waals surface area contributed by atoms with Gasteiger partial charge in [-0.15, -0.1) is 0 Å². The van der Waals surface area contributed by atoms with Crippen LogP contribution in [0.1, 0.15) is 30.5 Å². The third-order valence-electron chi connectivity index (χ3n) is 4.72. The van der Waals surface area contributed by atoms with Gasteiger partial charge < -0.3 is 15.6 Å². The van der Waals surface area contributed by atoms with Gasteiger partial charge in [-0.1, -0.05) is 42.0 Å². The molecule has 0 radical (unpaired) electrons. The Hall–Kier alpha value is -3.08. The monoisotopic (exact) mass is 363 g/mol. The molecule has 1 atom stereocenters. The van der Waals surface area contributed by atoms with Gasteiger partial charge in [0.15, 0.2) is 0 Å². The SMILES string of the molecule is CC(=O)N[C@@H](C)C(=O)NCc1cc(C)cc2c(C)c(-c3ccccc3)[nH]c12. The number of rotatable bonds is 5. The number of hydrogen-bond acceptors (Lipinski definition) is 2. The highest BCUT2D eigenvalue weighted by molar-refractivity contribution is 5.93. The molecule has 0 bridgehead atoms. The summed E-state index contributed by atoms with van der Waals surface area (Å²) in [5.74, 6) is -0.422. The molecule has 140 valence electrons. The van der Waals surface area contributed by atoms with Gasteiger partial charge in [0.2, 0.25) is 11.8 Å². The van der Waals surface area contributed by atoms with Crippen molar-refractivity contribution >= 4 is 22.7 Å². The van der Waals surface area contributed by atoms with Crippen LogP contribution in [0.2, 0.25) is 0 Å². The van der Waals surface area contributed by atoms with Gasteiger partial charge >= 0.3 is 0 Å². The van der Waals surface area contributed by atoms with Crippen LogP contribution in [0.5, 0.6) is 0 Å². The molecule has 1 aromatic heterocycles. The molecule has 0 spiro atoms. The summed E-state index contributed by atoms with van der Waals surface area (Å²) in [6.07, 6.45) is 0. The second-order valence-corrected chi connectivity index (χ2v) is 6.98. The quantitative estimate of drug-likeness (QED) is 0.648. The highest BCUT2D eigenvalue weighted by atomic mass is 16.2. The van der Waals surface area contributed by atoms with Crippen LogP contribution in [0.4, 0.5) is 0 Å². The van der Waals surface area contributed by atoms with E-state index in [1.54, 1.807) is 6.92 Å². The van der Waals surface area contributed by atoms with Gasteiger partial charge in [-0.25, -0.2) is 0 Å². The Morgan fingerprint density at radius 3 is 2.48 bits per heavy atom. The van der Waals surface area contributed by atoms with Gasteiger partial charge in [0.05, 0.1) is 5.52 Å². The van der Waals surface area contributed by atoms with Gasteiger partial charge in [-0.05, 0) is 43.5 Å². The van der Waals surface area contributed by atoms with Gasteiger partial charge in [0.1, 0.15) is 6.04 Å². The molecular weight excluding hydrogens is 338 g/mol. The molecule has 5 nitrogen and oxygen atoms in total. The van der Waals surface area contributed by atoms with Crippen LogP contribution in [0.25, 0.3) is 22.2 Å². The van der Waals surface area contributed by atoms with Crippen LogP contribution in [-0.4, -0.2) is 22.8 Å². The number of aromatic nitrogens is 1. The molecule has 0 aliphatic rings. The van der Waals surface area contributed by atoms with Crippen LogP contribution in [0.15, 0.2) is 42.5 Å².